The molecule has 0 unspecified atom stereocenters. The van der Waals surface area contributed by atoms with Crippen LogP contribution in [0.25, 0.3) is 0 Å². The van der Waals surface area contributed by atoms with E-state index in [9.17, 15) is 0 Å². The van der Waals surface area contributed by atoms with Crippen molar-refractivity contribution in [3.05, 3.63) is 83.9 Å². The first-order valence-corrected chi connectivity index (χ1v) is 9.87. The van der Waals surface area contributed by atoms with Crippen molar-refractivity contribution >= 4 is 11.8 Å². The Labute approximate surface area is 165 Å². The molecule has 3 rings (SSSR count). The van der Waals surface area contributed by atoms with Crippen molar-refractivity contribution in [3.63, 3.8) is 0 Å². The number of hydrogen-bond donors (Lipinski definition) is 1. The lowest BCUT2D eigenvalue weighted by Crippen LogP contribution is -2.20. The van der Waals surface area contributed by atoms with Crippen LogP contribution < -0.4 is 14.8 Å². The summed E-state index contributed by atoms with van der Waals surface area (Å²) in [6.07, 6.45) is 0. The molecular weight excluding hydrogens is 354 g/mol. The average Bonchev–Trinajstić information content (AvgIpc) is 2.69. The van der Waals surface area contributed by atoms with Crippen LogP contribution in [-0.4, -0.2) is 20.3 Å². The van der Waals surface area contributed by atoms with Gasteiger partial charge in [-0.3, -0.25) is 0 Å². The van der Waals surface area contributed by atoms with Crippen molar-refractivity contribution in [3.8, 4) is 11.5 Å². The van der Waals surface area contributed by atoms with Gasteiger partial charge in [0, 0.05) is 18.0 Å². The second kappa shape index (κ2) is 10.0. The third-order valence-corrected chi connectivity index (χ3v) is 5.29. The van der Waals surface area contributed by atoms with E-state index in [1.807, 2.05) is 30.3 Å². The van der Waals surface area contributed by atoms with Crippen LogP contribution in [0.1, 0.15) is 11.1 Å². The molecule has 0 aliphatic carbocycles. The van der Waals surface area contributed by atoms with Crippen LogP contribution in [0.2, 0.25) is 0 Å². The number of rotatable bonds is 9. The smallest absolute Gasteiger partial charge is 0.132 e. The topological polar surface area (TPSA) is 30.5 Å². The summed E-state index contributed by atoms with van der Waals surface area (Å²) in [4.78, 5) is 2.35. The molecule has 0 atom stereocenters. The van der Waals surface area contributed by atoms with E-state index in [0.29, 0.717) is 6.61 Å². The third-order valence-electron chi connectivity index (χ3n) is 4.11. The molecule has 140 valence electrons. The standard InChI is InChI=1S/C23H25NO2S/c1-18-8-7-10-20(16-18)26-15-14-24-17-19-9-3-5-12-22(19)27-23-13-6-4-11-21(23)25-2/h3-13,16,24H,14-15,17H2,1-2H3. The number of hydrogen-bond acceptors (Lipinski definition) is 4. The van der Waals surface area contributed by atoms with Gasteiger partial charge in [0.25, 0.3) is 0 Å². The maximum atomic E-state index is 5.80. The van der Waals surface area contributed by atoms with Gasteiger partial charge in [-0.2, -0.15) is 0 Å². The molecule has 0 aromatic heterocycles. The molecule has 0 radical (unpaired) electrons. The van der Waals surface area contributed by atoms with Crippen LogP contribution in [0.15, 0.2) is 82.6 Å². The summed E-state index contributed by atoms with van der Waals surface area (Å²) in [5, 5.41) is 3.47. The Morgan fingerprint density at radius 3 is 2.48 bits per heavy atom. The number of aryl methyl sites for hydroxylation is 1. The van der Waals surface area contributed by atoms with Crippen molar-refractivity contribution < 1.29 is 9.47 Å². The molecule has 0 aliphatic heterocycles. The van der Waals surface area contributed by atoms with E-state index in [2.05, 4.69) is 54.7 Å². The van der Waals surface area contributed by atoms with E-state index in [0.717, 1.165) is 29.5 Å². The van der Waals surface area contributed by atoms with Crippen LogP contribution in [0.5, 0.6) is 11.5 Å². The summed E-state index contributed by atoms with van der Waals surface area (Å²) >= 11 is 1.73. The zero-order chi connectivity index (χ0) is 18.9. The average molecular weight is 380 g/mol. The molecule has 0 saturated heterocycles. The molecular formula is C23H25NO2S. The fraction of sp³-hybridized carbons (Fsp3) is 0.217. The van der Waals surface area contributed by atoms with Crippen LogP contribution in [0.4, 0.5) is 0 Å². The van der Waals surface area contributed by atoms with Crippen molar-refractivity contribution in [2.24, 2.45) is 0 Å². The highest BCUT2D eigenvalue weighted by Crippen LogP contribution is 2.36. The van der Waals surface area contributed by atoms with Crippen LogP contribution in [0.3, 0.4) is 0 Å². The highest BCUT2D eigenvalue weighted by molar-refractivity contribution is 7.99. The van der Waals surface area contributed by atoms with E-state index in [1.54, 1.807) is 18.9 Å². The molecule has 3 aromatic rings. The molecule has 3 nitrogen and oxygen atoms in total. The van der Waals surface area contributed by atoms with Crippen LogP contribution >= 0.6 is 11.8 Å². The molecule has 0 spiro atoms. The maximum absolute atomic E-state index is 5.80. The first-order chi connectivity index (χ1) is 13.3. The lowest BCUT2D eigenvalue weighted by atomic mass is 10.2. The Morgan fingerprint density at radius 1 is 0.889 bits per heavy atom. The summed E-state index contributed by atoms with van der Waals surface area (Å²) in [7, 11) is 1.71. The fourth-order valence-electron chi connectivity index (χ4n) is 2.74. The quantitative estimate of drug-likeness (QED) is 0.510. The molecule has 0 bridgehead atoms. The van der Waals surface area contributed by atoms with Crippen molar-refractivity contribution in [1.29, 1.82) is 0 Å². The van der Waals surface area contributed by atoms with Crippen molar-refractivity contribution in [1.82, 2.24) is 5.32 Å². The van der Waals surface area contributed by atoms with E-state index in [4.69, 9.17) is 9.47 Å². The van der Waals surface area contributed by atoms with Gasteiger partial charge in [-0.15, -0.1) is 0 Å². The predicted octanol–water partition coefficient (Wildman–Crippen LogP) is 5.32. The Hall–Kier alpha value is -2.43. The lowest BCUT2D eigenvalue weighted by Gasteiger charge is -2.13. The van der Waals surface area contributed by atoms with Gasteiger partial charge in [0.15, 0.2) is 0 Å². The normalized spacial score (nSPS) is 10.6. The SMILES string of the molecule is COc1ccccc1Sc1ccccc1CNCCOc1cccc(C)c1. The minimum absolute atomic E-state index is 0.644. The minimum atomic E-state index is 0.644. The predicted molar refractivity (Wildman–Crippen MR) is 112 cm³/mol. The molecule has 0 amide bonds. The van der Waals surface area contributed by atoms with E-state index in [1.165, 1.54) is 16.0 Å². The van der Waals surface area contributed by atoms with E-state index in [-0.39, 0.29) is 0 Å². The lowest BCUT2D eigenvalue weighted by molar-refractivity contribution is 0.313. The van der Waals surface area contributed by atoms with Gasteiger partial charge in [-0.05, 0) is 48.4 Å². The Morgan fingerprint density at radius 2 is 1.67 bits per heavy atom. The molecule has 0 fully saturated rings. The monoisotopic (exact) mass is 379 g/mol. The molecule has 0 heterocycles. The van der Waals surface area contributed by atoms with Crippen molar-refractivity contribution in [2.45, 2.75) is 23.3 Å². The van der Waals surface area contributed by atoms with Gasteiger partial charge in [0.2, 0.25) is 0 Å². The third kappa shape index (κ3) is 5.78. The molecule has 0 aliphatic rings. The van der Waals surface area contributed by atoms with Gasteiger partial charge >= 0.3 is 0 Å². The highest BCUT2D eigenvalue weighted by Gasteiger charge is 2.07. The zero-order valence-corrected chi connectivity index (χ0v) is 16.6. The largest absolute Gasteiger partial charge is 0.496 e. The maximum Gasteiger partial charge on any atom is 0.132 e. The Bertz CT molecular complexity index is 866. The molecule has 3 aromatic carbocycles. The molecule has 27 heavy (non-hydrogen) atoms. The van der Waals surface area contributed by atoms with Gasteiger partial charge in [-0.25, -0.2) is 0 Å². The van der Waals surface area contributed by atoms with Gasteiger partial charge in [0.05, 0.1) is 12.0 Å². The van der Waals surface area contributed by atoms with E-state index >= 15 is 0 Å². The Balaban J connectivity index is 1.53. The summed E-state index contributed by atoms with van der Waals surface area (Å²) in [5.41, 5.74) is 2.48. The number of ether oxygens (including phenoxy) is 2. The van der Waals surface area contributed by atoms with Crippen LogP contribution in [-0.2, 0) is 6.54 Å². The van der Waals surface area contributed by atoms with Crippen LogP contribution in [0, 0.1) is 6.92 Å². The zero-order valence-electron chi connectivity index (χ0n) is 15.8. The molecule has 1 N–H and O–H groups in total. The van der Waals surface area contributed by atoms with Crippen molar-refractivity contribution in [2.75, 3.05) is 20.3 Å². The van der Waals surface area contributed by atoms with E-state index < -0.39 is 0 Å². The minimum Gasteiger partial charge on any atom is -0.496 e. The first-order valence-electron chi connectivity index (χ1n) is 9.05. The Kier molecular flexibility index (Phi) is 7.19. The summed E-state index contributed by atoms with van der Waals surface area (Å²) in [6, 6.07) is 24.7. The van der Waals surface area contributed by atoms with Gasteiger partial charge in [-0.1, -0.05) is 54.2 Å². The molecule has 0 saturated carbocycles. The summed E-state index contributed by atoms with van der Waals surface area (Å²) < 4.78 is 11.3. The highest BCUT2D eigenvalue weighted by atomic mass is 32.2. The van der Waals surface area contributed by atoms with Gasteiger partial charge < -0.3 is 14.8 Å². The first kappa shape index (κ1) is 19.3. The number of benzene rings is 3. The second-order valence-corrected chi connectivity index (χ2v) is 7.29. The summed E-state index contributed by atoms with van der Waals surface area (Å²) in [5.74, 6) is 1.82. The number of para-hydroxylation sites is 1. The fourth-order valence-corrected chi connectivity index (χ4v) is 3.79. The second-order valence-electron chi connectivity index (χ2n) is 6.20. The number of nitrogens with one attached hydrogen (secondary N) is 1. The summed E-state index contributed by atoms with van der Waals surface area (Å²) in [6.45, 7) is 4.31. The molecule has 4 heteroatoms. The number of methoxy groups -OCH3 is 1. The van der Waals surface area contributed by atoms with Gasteiger partial charge in [0.1, 0.15) is 18.1 Å².